The fourth-order valence-electron chi connectivity index (χ4n) is 2.63. The second-order valence-corrected chi connectivity index (χ2v) is 7.31. The molecule has 1 amide bonds. The lowest BCUT2D eigenvalue weighted by atomic mass is 10.1. The minimum atomic E-state index is -0.474. The maximum absolute atomic E-state index is 12.2. The van der Waals surface area contributed by atoms with E-state index in [2.05, 4.69) is 10.8 Å². The van der Waals surface area contributed by atoms with Gasteiger partial charge in [0.15, 0.2) is 0 Å². The predicted molar refractivity (Wildman–Crippen MR) is 94.1 cm³/mol. The first-order chi connectivity index (χ1) is 10.8. The Bertz CT molecular complexity index is 390. The number of carbonyl (C=O) groups excluding carboxylic acids is 1. The fraction of sp³-hybridized carbons (Fsp3) is 0.833. The summed E-state index contributed by atoms with van der Waals surface area (Å²) in [6.07, 6.45) is 9.83. The van der Waals surface area contributed by atoms with Crippen LogP contribution in [-0.4, -0.2) is 60.3 Å². The number of nitrogens with two attached hydrogens (primary N) is 1. The highest BCUT2D eigenvalue weighted by atomic mass is 16.6. The summed E-state index contributed by atoms with van der Waals surface area (Å²) in [4.78, 5) is 16.4. The molecule has 1 rings (SSSR count). The maximum atomic E-state index is 12.2. The van der Waals surface area contributed by atoms with Gasteiger partial charge in [-0.15, -0.1) is 12.3 Å². The van der Waals surface area contributed by atoms with Crippen LogP contribution in [0, 0.1) is 12.3 Å². The van der Waals surface area contributed by atoms with Crippen molar-refractivity contribution in [3.63, 3.8) is 0 Å². The summed E-state index contributed by atoms with van der Waals surface area (Å²) in [6, 6.07) is 0.373. The molecule has 1 saturated heterocycles. The first kappa shape index (κ1) is 19.8. The topological polar surface area (TPSA) is 58.8 Å². The zero-order valence-electron chi connectivity index (χ0n) is 15.0. The molecule has 2 N–H and O–H groups in total. The highest BCUT2D eigenvalue weighted by Gasteiger charge is 2.21. The van der Waals surface area contributed by atoms with Crippen molar-refractivity contribution in [3.8, 4) is 12.3 Å². The van der Waals surface area contributed by atoms with E-state index in [1.807, 2.05) is 20.8 Å². The lowest BCUT2D eigenvalue weighted by Crippen LogP contribution is -2.40. The van der Waals surface area contributed by atoms with Gasteiger partial charge in [0.2, 0.25) is 0 Å². The summed E-state index contributed by atoms with van der Waals surface area (Å²) in [7, 11) is 0. The summed E-state index contributed by atoms with van der Waals surface area (Å²) >= 11 is 0. The molecule has 5 nitrogen and oxygen atoms in total. The number of hydrogen-bond donors (Lipinski definition) is 1. The number of amides is 1. The molecule has 1 aliphatic rings. The van der Waals surface area contributed by atoms with Crippen LogP contribution in [0.1, 0.15) is 52.9 Å². The van der Waals surface area contributed by atoms with Crippen molar-refractivity contribution in [3.05, 3.63) is 0 Å². The van der Waals surface area contributed by atoms with E-state index >= 15 is 0 Å². The molecule has 1 aliphatic heterocycles. The van der Waals surface area contributed by atoms with Crippen molar-refractivity contribution in [2.45, 2.75) is 64.5 Å². The van der Waals surface area contributed by atoms with E-state index in [-0.39, 0.29) is 6.09 Å². The van der Waals surface area contributed by atoms with Gasteiger partial charge >= 0.3 is 6.09 Å². The van der Waals surface area contributed by atoms with Crippen LogP contribution in [-0.2, 0) is 4.74 Å². The van der Waals surface area contributed by atoms with E-state index < -0.39 is 5.60 Å². The summed E-state index contributed by atoms with van der Waals surface area (Å²) in [5.41, 5.74) is 5.45. The number of carbonyl (C=O) groups is 1. The highest BCUT2D eigenvalue weighted by Crippen LogP contribution is 2.12. The monoisotopic (exact) mass is 323 g/mol. The van der Waals surface area contributed by atoms with Gasteiger partial charge in [-0.1, -0.05) is 0 Å². The van der Waals surface area contributed by atoms with Gasteiger partial charge in [0.1, 0.15) is 5.60 Å². The SMILES string of the molecule is C#CCCN(CCCCN1CCC(N)CC1)C(=O)OC(C)(C)C. The molecule has 0 radical (unpaired) electrons. The van der Waals surface area contributed by atoms with Crippen molar-refractivity contribution in [1.82, 2.24) is 9.80 Å². The van der Waals surface area contributed by atoms with Crippen LogP contribution in [0.25, 0.3) is 0 Å². The van der Waals surface area contributed by atoms with E-state index in [4.69, 9.17) is 16.9 Å². The van der Waals surface area contributed by atoms with E-state index in [0.29, 0.717) is 25.6 Å². The third-order valence-corrected chi connectivity index (χ3v) is 3.96. The minimum absolute atomic E-state index is 0.267. The van der Waals surface area contributed by atoms with Crippen LogP contribution in [0.5, 0.6) is 0 Å². The quantitative estimate of drug-likeness (QED) is 0.577. The number of unbranched alkanes of at least 4 members (excludes halogenated alkanes) is 1. The van der Waals surface area contributed by atoms with E-state index in [9.17, 15) is 4.79 Å². The number of likely N-dealkylation sites (tertiary alicyclic amines) is 1. The number of terminal acetylenes is 1. The Labute approximate surface area is 141 Å². The Kier molecular flexibility index (Phi) is 8.43. The number of nitrogens with zero attached hydrogens (tertiary/aromatic N) is 2. The average Bonchev–Trinajstić information content (AvgIpc) is 2.46. The standard InChI is InChI=1S/C18H33N3O2/c1-5-6-12-21(17(22)23-18(2,3)4)13-8-7-11-20-14-9-16(19)10-15-20/h1,16H,6-15,19H2,2-4H3. The molecule has 0 aromatic heterocycles. The number of ether oxygens (including phenoxy) is 1. The molecule has 0 saturated carbocycles. The Morgan fingerprint density at radius 1 is 1.30 bits per heavy atom. The van der Waals surface area contributed by atoms with Gasteiger partial charge in [-0.2, -0.15) is 0 Å². The molecule has 0 aromatic rings. The minimum Gasteiger partial charge on any atom is -0.444 e. The first-order valence-corrected chi connectivity index (χ1v) is 8.71. The van der Waals surface area contributed by atoms with Crippen LogP contribution in [0.15, 0.2) is 0 Å². The Hall–Kier alpha value is -1.25. The molecular weight excluding hydrogens is 290 g/mol. The van der Waals surface area contributed by atoms with E-state index in [1.54, 1.807) is 4.90 Å². The molecule has 0 unspecified atom stereocenters. The zero-order valence-corrected chi connectivity index (χ0v) is 15.0. The Morgan fingerprint density at radius 3 is 2.52 bits per heavy atom. The number of hydrogen-bond acceptors (Lipinski definition) is 4. The second kappa shape index (κ2) is 9.79. The van der Waals surface area contributed by atoms with Gasteiger partial charge in [0.25, 0.3) is 0 Å². The molecule has 0 aromatic carbocycles. The van der Waals surface area contributed by atoms with Gasteiger partial charge in [-0.25, -0.2) is 4.79 Å². The lowest BCUT2D eigenvalue weighted by Gasteiger charge is -2.30. The average molecular weight is 323 g/mol. The summed E-state index contributed by atoms with van der Waals surface area (Å²) in [6.45, 7) is 10.2. The second-order valence-electron chi connectivity index (χ2n) is 7.31. The summed E-state index contributed by atoms with van der Waals surface area (Å²) in [5.74, 6) is 2.59. The van der Waals surface area contributed by atoms with Crippen LogP contribution in [0.4, 0.5) is 4.79 Å². The van der Waals surface area contributed by atoms with Gasteiger partial charge in [0, 0.05) is 25.6 Å². The third kappa shape index (κ3) is 8.83. The van der Waals surface area contributed by atoms with Crippen molar-refractivity contribution < 1.29 is 9.53 Å². The lowest BCUT2D eigenvalue weighted by molar-refractivity contribution is 0.0249. The molecule has 5 heteroatoms. The molecule has 0 bridgehead atoms. The van der Waals surface area contributed by atoms with Crippen molar-refractivity contribution in [2.24, 2.45) is 5.73 Å². The van der Waals surface area contributed by atoms with Crippen molar-refractivity contribution in [2.75, 3.05) is 32.7 Å². The molecule has 0 atom stereocenters. The first-order valence-electron chi connectivity index (χ1n) is 8.71. The smallest absolute Gasteiger partial charge is 0.410 e. The number of piperidine rings is 1. The number of rotatable bonds is 7. The van der Waals surface area contributed by atoms with Gasteiger partial charge in [-0.05, 0) is 66.1 Å². The molecule has 132 valence electrons. The molecular formula is C18H33N3O2. The molecule has 0 spiro atoms. The summed E-state index contributed by atoms with van der Waals surface area (Å²) < 4.78 is 5.45. The van der Waals surface area contributed by atoms with Crippen LogP contribution in [0.3, 0.4) is 0 Å². The zero-order chi connectivity index (χ0) is 17.3. The van der Waals surface area contributed by atoms with Gasteiger partial charge in [-0.3, -0.25) is 0 Å². The van der Waals surface area contributed by atoms with Crippen LogP contribution in [0.2, 0.25) is 0 Å². The largest absolute Gasteiger partial charge is 0.444 e. The molecule has 23 heavy (non-hydrogen) atoms. The predicted octanol–water partition coefficient (Wildman–Crippen LogP) is 2.45. The van der Waals surface area contributed by atoms with Crippen LogP contribution < -0.4 is 5.73 Å². The molecule has 1 heterocycles. The van der Waals surface area contributed by atoms with Crippen molar-refractivity contribution in [1.29, 1.82) is 0 Å². The van der Waals surface area contributed by atoms with E-state index in [0.717, 1.165) is 45.3 Å². The summed E-state index contributed by atoms with van der Waals surface area (Å²) in [5, 5.41) is 0. The normalized spacial score (nSPS) is 16.8. The van der Waals surface area contributed by atoms with E-state index in [1.165, 1.54) is 0 Å². The Balaban J connectivity index is 2.30. The van der Waals surface area contributed by atoms with Gasteiger partial charge < -0.3 is 20.3 Å². The highest BCUT2D eigenvalue weighted by molar-refractivity contribution is 5.68. The van der Waals surface area contributed by atoms with Crippen molar-refractivity contribution >= 4 is 6.09 Å². The molecule has 1 fully saturated rings. The Morgan fingerprint density at radius 2 is 1.96 bits per heavy atom. The third-order valence-electron chi connectivity index (χ3n) is 3.96. The van der Waals surface area contributed by atoms with Crippen LogP contribution >= 0.6 is 0 Å². The maximum Gasteiger partial charge on any atom is 0.410 e. The fourth-order valence-corrected chi connectivity index (χ4v) is 2.63. The molecule has 0 aliphatic carbocycles. The van der Waals surface area contributed by atoms with Gasteiger partial charge in [0.05, 0.1) is 0 Å².